The van der Waals surface area contributed by atoms with E-state index in [0.29, 0.717) is 36.2 Å². The van der Waals surface area contributed by atoms with Gasteiger partial charge in [0.05, 0.1) is 23.7 Å². The Morgan fingerprint density at radius 2 is 2.00 bits per heavy atom. The first kappa shape index (κ1) is 22.8. The molecule has 0 aromatic carbocycles. The molecule has 0 aromatic rings. The van der Waals surface area contributed by atoms with Crippen LogP contribution >= 0.6 is 0 Å². The molecule has 1 aliphatic heterocycles. The molecule has 2 N–H and O–H groups in total. The molecule has 0 bridgehead atoms. The normalized spacial score (nSPS) is 44.1. The number of fused-ring (bicyclic) bond motifs is 5. The third kappa shape index (κ3) is 3.11. The lowest BCUT2D eigenvalue weighted by atomic mass is 9.48. The summed E-state index contributed by atoms with van der Waals surface area (Å²) >= 11 is 0. The van der Waals surface area contributed by atoms with Gasteiger partial charge in [-0.25, -0.2) is 4.79 Å². The SMILES string of the molecule is CC1=C(CO)C(=O)OC(C(C)=C2C(O)CC3C4CC=C5CC=CC(=O)C5(C)C4CCC23C)C1. The molecule has 0 amide bonds. The summed E-state index contributed by atoms with van der Waals surface area (Å²) in [5, 5.41) is 20.8. The smallest absolute Gasteiger partial charge is 0.336 e. The van der Waals surface area contributed by atoms with Crippen LogP contribution in [0.25, 0.3) is 0 Å². The number of hydrogen-bond acceptors (Lipinski definition) is 5. The molecule has 1 heterocycles. The van der Waals surface area contributed by atoms with Gasteiger partial charge in [-0.05, 0) is 93.3 Å². The van der Waals surface area contributed by atoms with Crippen LogP contribution in [0.5, 0.6) is 0 Å². The second kappa shape index (κ2) is 7.78. The number of ketones is 1. The zero-order chi connectivity index (χ0) is 23.7. The fraction of sp³-hybridized carbons (Fsp3) is 0.643. The number of hydrogen-bond donors (Lipinski definition) is 2. The first-order valence-corrected chi connectivity index (χ1v) is 12.4. The summed E-state index contributed by atoms with van der Waals surface area (Å²) in [5.41, 5.74) is 3.92. The number of esters is 1. The van der Waals surface area contributed by atoms with Crippen LogP contribution in [-0.2, 0) is 14.3 Å². The van der Waals surface area contributed by atoms with Crippen LogP contribution in [0.3, 0.4) is 0 Å². The number of carbonyl (C=O) groups excluding carboxylic acids is 2. The lowest BCUT2D eigenvalue weighted by Gasteiger charge is -2.55. The first-order chi connectivity index (χ1) is 15.6. The van der Waals surface area contributed by atoms with E-state index in [2.05, 4.69) is 19.9 Å². The van der Waals surface area contributed by atoms with Crippen LogP contribution in [0.15, 0.2) is 46.1 Å². The highest BCUT2D eigenvalue weighted by molar-refractivity contribution is 5.98. The maximum atomic E-state index is 13.1. The Morgan fingerprint density at radius 1 is 1.24 bits per heavy atom. The van der Waals surface area contributed by atoms with Crippen LogP contribution in [0.2, 0.25) is 0 Å². The van der Waals surface area contributed by atoms with Crippen molar-refractivity contribution < 1.29 is 24.5 Å². The third-order valence-corrected chi connectivity index (χ3v) is 9.98. The topological polar surface area (TPSA) is 83.8 Å². The minimum Gasteiger partial charge on any atom is -0.454 e. The standard InChI is InChI=1S/C28H36O5/c1-15-12-23(33-26(32)19(15)14-29)16(2)25-22(30)13-21-18-9-8-17-6-5-7-24(31)28(17,4)20(18)10-11-27(21,25)3/h5,7-8,18,20-23,29-30H,6,9-14H2,1-4H3. The van der Waals surface area contributed by atoms with Gasteiger partial charge in [-0.15, -0.1) is 0 Å². The van der Waals surface area contributed by atoms with E-state index in [0.717, 1.165) is 42.4 Å². The van der Waals surface area contributed by atoms with Crippen molar-refractivity contribution >= 4 is 11.8 Å². The van der Waals surface area contributed by atoms with E-state index >= 15 is 0 Å². The van der Waals surface area contributed by atoms with Crippen molar-refractivity contribution in [1.82, 2.24) is 0 Å². The molecule has 178 valence electrons. The molecule has 0 radical (unpaired) electrons. The van der Waals surface area contributed by atoms with Crippen molar-refractivity contribution in [2.24, 2.45) is 28.6 Å². The molecule has 33 heavy (non-hydrogen) atoms. The molecule has 2 fully saturated rings. The number of rotatable bonds is 2. The van der Waals surface area contributed by atoms with Crippen LogP contribution in [0, 0.1) is 28.6 Å². The van der Waals surface area contributed by atoms with E-state index in [1.165, 1.54) is 5.57 Å². The molecule has 0 saturated heterocycles. The second-order valence-corrected chi connectivity index (χ2v) is 11.3. The van der Waals surface area contributed by atoms with E-state index in [9.17, 15) is 19.8 Å². The van der Waals surface area contributed by atoms with Crippen LogP contribution in [0.4, 0.5) is 0 Å². The maximum Gasteiger partial charge on any atom is 0.336 e. The summed E-state index contributed by atoms with van der Waals surface area (Å²) < 4.78 is 5.73. The number of aliphatic hydroxyl groups excluding tert-OH is 2. The molecular formula is C28H36O5. The highest BCUT2D eigenvalue weighted by atomic mass is 16.5. The van der Waals surface area contributed by atoms with Gasteiger partial charge in [0.25, 0.3) is 0 Å². The van der Waals surface area contributed by atoms with Gasteiger partial charge in [0.2, 0.25) is 0 Å². The van der Waals surface area contributed by atoms with Crippen molar-refractivity contribution in [3.8, 4) is 0 Å². The summed E-state index contributed by atoms with van der Waals surface area (Å²) in [7, 11) is 0. The summed E-state index contributed by atoms with van der Waals surface area (Å²) in [6.07, 6.45) is 10.1. The number of carbonyl (C=O) groups is 2. The average Bonchev–Trinajstić information content (AvgIpc) is 3.04. The molecule has 5 nitrogen and oxygen atoms in total. The van der Waals surface area contributed by atoms with E-state index in [1.54, 1.807) is 6.08 Å². The lowest BCUT2D eigenvalue weighted by molar-refractivity contribution is -0.144. The van der Waals surface area contributed by atoms with E-state index < -0.39 is 23.6 Å². The molecule has 0 aromatic heterocycles. The highest BCUT2D eigenvalue weighted by Gasteiger charge is 2.60. The van der Waals surface area contributed by atoms with Crippen molar-refractivity contribution in [2.75, 3.05) is 6.61 Å². The molecule has 7 atom stereocenters. The Morgan fingerprint density at radius 3 is 2.70 bits per heavy atom. The first-order valence-electron chi connectivity index (χ1n) is 12.4. The fourth-order valence-electron chi connectivity index (χ4n) is 8.14. The van der Waals surface area contributed by atoms with E-state index in [-0.39, 0.29) is 17.8 Å². The van der Waals surface area contributed by atoms with E-state index in [4.69, 9.17) is 4.74 Å². The van der Waals surface area contributed by atoms with Crippen molar-refractivity contribution in [3.63, 3.8) is 0 Å². The van der Waals surface area contributed by atoms with Crippen molar-refractivity contribution in [1.29, 1.82) is 0 Å². The van der Waals surface area contributed by atoms with Gasteiger partial charge in [0, 0.05) is 6.42 Å². The minimum absolute atomic E-state index is 0.165. The fourth-order valence-corrected chi connectivity index (χ4v) is 8.14. The molecule has 5 heteroatoms. The molecule has 2 saturated carbocycles. The van der Waals surface area contributed by atoms with E-state index in [1.807, 2.05) is 19.9 Å². The van der Waals surface area contributed by atoms with Crippen molar-refractivity contribution in [2.45, 2.75) is 78.4 Å². The Hall–Kier alpha value is -1.98. The summed E-state index contributed by atoms with van der Waals surface area (Å²) in [6.45, 7) is 8.00. The number of ether oxygens (including phenoxy) is 1. The van der Waals surface area contributed by atoms with Gasteiger partial charge in [0.1, 0.15) is 6.10 Å². The predicted octanol–water partition coefficient (Wildman–Crippen LogP) is 4.21. The van der Waals surface area contributed by atoms with Crippen LogP contribution in [0.1, 0.15) is 66.2 Å². The van der Waals surface area contributed by atoms with Gasteiger partial charge in [-0.3, -0.25) is 4.79 Å². The Balaban J connectivity index is 1.50. The number of aliphatic hydroxyl groups is 2. The molecular weight excluding hydrogens is 416 g/mol. The van der Waals surface area contributed by atoms with Gasteiger partial charge in [-0.1, -0.05) is 30.2 Å². The largest absolute Gasteiger partial charge is 0.454 e. The Labute approximate surface area is 196 Å². The highest BCUT2D eigenvalue weighted by Crippen LogP contribution is 2.65. The number of cyclic esters (lactones) is 1. The van der Waals surface area contributed by atoms with Gasteiger partial charge in [-0.2, -0.15) is 0 Å². The lowest BCUT2D eigenvalue weighted by Crippen LogP contribution is -2.51. The molecule has 7 unspecified atom stereocenters. The molecule has 5 rings (SSSR count). The zero-order valence-corrected chi connectivity index (χ0v) is 20.2. The predicted molar refractivity (Wildman–Crippen MR) is 125 cm³/mol. The van der Waals surface area contributed by atoms with Gasteiger partial charge in [0.15, 0.2) is 5.78 Å². The zero-order valence-electron chi connectivity index (χ0n) is 20.2. The minimum atomic E-state index is -0.555. The number of allylic oxidation sites excluding steroid dienone is 4. The quantitative estimate of drug-likeness (QED) is 0.484. The van der Waals surface area contributed by atoms with Crippen molar-refractivity contribution in [3.05, 3.63) is 46.1 Å². The molecule has 5 aliphatic rings. The van der Waals surface area contributed by atoms with Crippen LogP contribution in [-0.4, -0.2) is 40.8 Å². The summed E-state index contributed by atoms with van der Waals surface area (Å²) in [4.78, 5) is 25.5. The summed E-state index contributed by atoms with van der Waals surface area (Å²) in [6, 6.07) is 0. The Bertz CT molecular complexity index is 1030. The third-order valence-electron chi connectivity index (χ3n) is 9.98. The molecule has 4 aliphatic carbocycles. The maximum absolute atomic E-state index is 13.1. The van der Waals surface area contributed by atoms with Gasteiger partial charge >= 0.3 is 5.97 Å². The average molecular weight is 453 g/mol. The summed E-state index contributed by atoms with van der Waals surface area (Å²) in [5.74, 6) is 0.758. The molecule has 0 spiro atoms. The second-order valence-electron chi connectivity index (χ2n) is 11.3. The Kier molecular flexibility index (Phi) is 5.37. The van der Waals surface area contributed by atoms with Crippen LogP contribution < -0.4 is 0 Å². The van der Waals surface area contributed by atoms with Gasteiger partial charge < -0.3 is 14.9 Å². The monoisotopic (exact) mass is 452 g/mol.